The maximum atomic E-state index is 13.8. The zero-order valence-electron chi connectivity index (χ0n) is 28.2. The Morgan fingerprint density at radius 2 is 1.60 bits per heavy atom. The van der Waals surface area contributed by atoms with Crippen molar-refractivity contribution in [3.8, 4) is 11.5 Å². The van der Waals surface area contributed by atoms with Gasteiger partial charge in [-0.05, 0) is 95.3 Å². The highest BCUT2D eigenvalue weighted by Crippen LogP contribution is 2.29. The van der Waals surface area contributed by atoms with Crippen LogP contribution in [-0.4, -0.2) is 69.2 Å². The highest BCUT2D eigenvalue weighted by Gasteiger charge is 2.28. The Hall–Kier alpha value is -3.80. The number of nitrogens with one attached hydrogen (secondary N) is 3. The number of aliphatic hydroxyl groups is 1. The number of carbonyl (C=O) groups is 1. The number of aliphatic hydroxyl groups excluding tert-OH is 1. The zero-order chi connectivity index (χ0) is 34.0. The van der Waals surface area contributed by atoms with Crippen molar-refractivity contribution >= 4 is 27.3 Å². The second-order valence-corrected chi connectivity index (χ2v) is 14.5. The predicted octanol–water partition coefficient (Wildman–Crippen LogP) is 5.11. The highest BCUT2D eigenvalue weighted by molar-refractivity contribution is 7.92. The summed E-state index contributed by atoms with van der Waals surface area (Å²) in [6.45, 7) is 11.5. The standard InChI is InChI=1S/C36H50N4O6S/c1-6-38-30-19-29(20-31(21-30)40-14-10-11-15-47(40,43)44)36(42)39-34(18-27-12-8-7-9-13-27)35(41)24-37-23-28-16-32(45-25(2)3)22-33(17-28)46-26(4)5/h7-9,12-13,16-17,19-22,25-26,34-35,37-38,41H,6,10-11,14-15,18,23-24H2,1-5H3,(H,39,42)/t34-,35+/m0/s1. The van der Waals surface area contributed by atoms with E-state index in [0.717, 1.165) is 17.5 Å². The molecule has 1 aliphatic rings. The molecule has 47 heavy (non-hydrogen) atoms. The van der Waals surface area contributed by atoms with Crippen molar-refractivity contribution in [3.63, 3.8) is 0 Å². The summed E-state index contributed by atoms with van der Waals surface area (Å²) in [7, 11) is -3.47. The Balaban J connectivity index is 1.52. The van der Waals surface area contributed by atoms with Crippen molar-refractivity contribution in [1.82, 2.24) is 10.6 Å². The molecule has 1 fully saturated rings. The van der Waals surface area contributed by atoms with Crippen LogP contribution in [0.25, 0.3) is 0 Å². The average Bonchev–Trinajstić information content (AvgIpc) is 3.00. The number of sulfonamides is 1. The van der Waals surface area contributed by atoms with Gasteiger partial charge < -0.3 is 30.5 Å². The second-order valence-electron chi connectivity index (χ2n) is 12.5. The molecule has 0 radical (unpaired) electrons. The van der Waals surface area contributed by atoms with Gasteiger partial charge >= 0.3 is 0 Å². The van der Waals surface area contributed by atoms with Gasteiger partial charge in [-0.2, -0.15) is 0 Å². The van der Waals surface area contributed by atoms with Gasteiger partial charge in [0, 0.05) is 43.5 Å². The molecular formula is C36H50N4O6S. The number of benzene rings is 3. The van der Waals surface area contributed by atoms with E-state index in [1.165, 1.54) is 4.31 Å². The van der Waals surface area contributed by atoms with Crippen molar-refractivity contribution in [2.24, 2.45) is 0 Å². The molecule has 0 saturated carbocycles. The number of anilines is 2. The third kappa shape index (κ3) is 10.9. The van der Waals surface area contributed by atoms with Gasteiger partial charge in [0.15, 0.2) is 0 Å². The number of nitrogens with zero attached hydrogens (tertiary/aromatic N) is 1. The molecule has 10 nitrogen and oxygen atoms in total. The molecule has 11 heteroatoms. The molecular weight excluding hydrogens is 616 g/mol. The molecule has 0 aliphatic carbocycles. The van der Waals surface area contributed by atoms with Crippen molar-refractivity contribution in [2.75, 3.05) is 35.0 Å². The average molecular weight is 667 g/mol. The predicted molar refractivity (Wildman–Crippen MR) is 188 cm³/mol. The fraction of sp³-hybridized carbons (Fsp3) is 0.472. The first-order valence-corrected chi connectivity index (χ1v) is 18.1. The first-order valence-electron chi connectivity index (χ1n) is 16.5. The Kier molecular flexibility index (Phi) is 12.9. The topological polar surface area (TPSA) is 129 Å². The number of hydrogen-bond donors (Lipinski definition) is 4. The Labute approximate surface area is 279 Å². The number of ether oxygens (including phenoxy) is 2. The van der Waals surface area contributed by atoms with Crippen LogP contribution in [0.3, 0.4) is 0 Å². The van der Waals surface area contributed by atoms with E-state index in [2.05, 4.69) is 16.0 Å². The Bertz CT molecular complexity index is 1540. The minimum absolute atomic E-state index is 0.00747. The van der Waals surface area contributed by atoms with Crippen LogP contribution in [0.15, 0.2) is 66.7 Å². The number of rotatable bonds is 16. The summed E-state index contributed by atoms with van der Waals surface area (Å²) in [5.41, 5.74) is 3.33. The van der Waals surface area contributed by atoms with Crippen LogP contribution in [-0.2, 0) is 23.0 Å². The van der Waals surface area contributed by atoms with Crippen molar-refractivity contribution in [1.29, 1.82) is 0 Å². The third-order valence-corrected chi connectivity index (χ3v) is 9.51. The minimum Gasteiger partial charge on any atom is -0.491 e. The van der Waals surface area contributed by atoms with Crippen LogP contribution in [0.1, 0.15) is 68.9 Å². The monoisotopic (exact) mass is 666 g/mol. The normalized spacial score (nSPS) is 15.7. The molecule has 3 aromatic rings. The van der Waals surface area contributed by atoms with Gasteiger partial charge in [-0.25, -0.2) is 8.42 Å². The molecule has 4 rings (SSSR count). The van der Waals surface area contributed by atoms with Crippen LogP contribution in [0.5, 0.6) is 11.5 Å². The fourth-order valence-corrected chi connectivity index (χ4v) is 7.22. The van der Waals surface area contributed by atoms with E-state index >= 15 is 0 Å². The van der Waals surface area contributed by atoms with Crippen LogP contribution in [0, 0.1) is 0 Å². The maximum absolute atomic E-state index is 13.8. The summed E-state index contributed by atoms with van der Waals surface area (Å²) in [6, 6.07) is 19.9. The zero-order valence-corrected chi connectivity index (χ0v) is 29.0. The Morgan fingerprint density at radius 3 is 2.21 bits per heavy atom. The van der Waals surface area contributed by atoms with E-state index in [1.54, 1.807) is 18.2 Å². The molecule has 0 aromatic heterocycles. The lowest BCUT2D eigenvalue weighted by Gasteiger charge is -2.29. The lowest BCUT2D eigenvalue weighted by molar-refractivity contribution is 0.0830. The quantitative estimate of drug-likeness (QED) is 0.166. The minimum atomic E-state index is -3.47. The molecule has 0 spiro atoms. The largest absolute Gasteiger partial charge is 0.491 e. The lowest BCUT2D eigenvalue weighted by Crippen LogP contribution is -2.48. The maximum Gasteiger partial charge on any atom is 0.251 e. The number of amides is 1. The summed E-state index contributed by atoms with van der Waals surface area (Å²) in [4.78, 5) is 13.8. The SMILES string of the molecule is CCNc1cc(C(=O)N[C@@H](Cc2ccccc2)[C@H](O)CNCc2cc(OC(C)C)cc(OC(C)C)c2)cc(N2CCCCS2(=O)=O)c1. The van der Waals surface area contributed by atoms with Crippen LogP contribution in [0.4, 0.5) is 11.4 Å². The Morgan fingerprint density at radius 1 is 0.915 bits per heavy atom. The number of carbonyl (C=O) groups excluding carboxylic acids is 1. The van der Waals surface area contributed by atoms with E-state index < -0.39 is 28.1 Å². The van der Waals surface area contributed by atoms with Gasteiger partial charge in [-0.3, -0.25) is 9.10 Å². The lowest BCUT2D eigenvalue weighted by atomic mass is 10.00. The van der Waals surface area contributed by atoms with Gasteiger partial charge in [0.2, 0.25) is 10.0 Å². The molecule has 4 N–H and O–H groups in total. The summed E-state index contributed by atoms with van der Waals surface area (Å²) >= 11 is 0. The molecule has 3 aromatic carbocycles. The molecule has 1 heterocycles. The summed E-state index contributed by atoms with van der Waals surface area (Å²) in [5.74, 6) is 1.11. The molecule has 2 atom stereocenters. The van der Waals surface area contributed by atoms with Gasteiger partial charge in [0.25, 0.3) is 5.91 Å². The first-order chi connectivity index (χ1) is 22.4. The van der Waals surface area contributed by atoms with Crippen molar-refractivity contribution < 1.29 is 27.8 Å². The second kappa shape index (κ2) is 16.9. The smallest absolute Gasteiger partial charge is 0.251 e. The van der Waals surface area contributed by atoms with Crippen LogP contribution in [0.2, 0.25) is 0 Å². The third-order valence-electron chi connectivity index (χ3n) is 7.64. The van der Waals surface area contributed by atoms with E-state index in [1.807, 2.05) is 83.1 Å². The van der Waals surface area contributed by atoms with Crippen LogP contribution >= 0.6 is 0 Å². The fourth-order valence-electron chi connectivity index (χ4n) is 5.59. The molecule has 256 valence electrons. The van der Waals surface area contributed by atoms with E-state index in [9.17, 15) is 18.3 Å². The molecule has 0 bridgehead atoms. The number of hydrogen-bond acceptors (Lipinski definition) is 8. The molecule has 1 saturated heterocycles. The van der Waals surface area contributed by atoms with Gasteiger partial charge in [0.1, 0.15) is 11.5 Å². The molecule has 0 unspecified atom stereocenters. The summed E-state index contributed by atoms with van der Waals surface area (Å²) in [6.07, 6.45) is 0.863. The van der Waals surface area contributed by atoms with E-state index in [0.29, 0.717) is 60.9 Å². The summed E-state index contributed by atoms with van der Waals surface area (Å²) in [5, 5.41) is 21.0. The van der Waals surface area contributed by atoms with Gasteiger partial charge in [0.05, 0.1) is 35.8 Å². The van der Waals surface area contributed by atoms with Crippen LogP contribution < -0.4 is 29.7 Å². The van der Waals surface area contributed by atoms with Crippen molar-refractivity contribution in [2.45, 2.75) is 84.8 Å². The van der Waals surface area contributed by atoms with E-state index in [4.69, 9.17) is 9.47 Å². The van der Waals surface area contributed by atoms with Crippen molar-refractivity contribution in [3.05, 3.63) is 83.4 Å². The van der Waals surface area contributed by atoms with E-state index in [-0.39, 0.29) is 24.5 Å². The molecule has 1 amide bonds. The van der Waals surface area contributed by atoms with Gasteiger partial charge in [-0.15, -0.1) is 0 Å². The van der Waals surface area contributed by atoms with Gasteiger partial charge in [-0.1, -0.05) is 30.3 Å². The molecule has 1 aliphatic heterocycles. The first kappa shape index (κ1) is 36.0. The summed E-state index contributed by atoms with van der Waals surface area (Å²) < 4.78 is 39.0. The highest BCUT2D eigenvalue weighted by atomic mass is 32.2.